The Kier molecular flexibility index (Phi) is 4.45. The van der Waals surface area contributed by atoms with E-state index in [9.17, 15) is 14.0 Å². The summed E-state index contributed by atoms with van der Waals surface area (Å²) < 4.78 is 18.5. The van der Waals surface area contributed by atoms with Gasteiger partial charge in [0.2, 0.25) is 11.8 Å². The summed E-state index contributed by atoms with van der Waals surface area (Å²) in [4.78, 5) is 26.2. The molecule has 0 aromatic heterocycles. The molecule has 5 nitrogen and oxygen atoms in total. The highest BCUT2D eigenvalue weighted by molar-refractivity contribution is 6.09. The third-order valence-electron chi connectivity index (χ3n) is 3.66. The van der Waals surface area contributed by atoms with Gasteiger partial charge in [-0.15, -0.1) is 0 Å². The summed E-state index contributed by atoms with van der Waals surface area (Å²) in [6.45, 7) is 3.65. The maximum Gasteiger partial charge on any atom is 0.250 e. The molecule has 2 amide bonds. The number of benzene rings is 1. The largest absolute Gasteiger partial charge is 0.494 e. The molecule has 1 aromatic rings. The molecule has 6 heteroatoms. The SMILES string of the molecule is CCC1NC(=O)C(CC)N(c2ccc(F)cc2OC)C1=O. The highest BCUT2D eigenvalue weighted by Gasteiger charge is 2.40. The number of piperazine rings is 1. The molecule has 1 aromatic carbocycles. The van der Waals surface area contributed by atoms with Crippen molar-refractivity contribution in [3.05, 3.63) is 24.0 Å². The Labute approximate surface area is 123 Å². The molecule has 21 heavy (non-hydrogen) atoms. The summed E-state index contributed by atoms with van der Waals surface area (Å²) in [6.07, 6.45) is 0.968. The molecule has 1 aliphatic heterocycles. The van der Waals surface area contributed by atoms with Crippen LogP contribution in [0.4, 0.5) is 10.1 Å². The fourth-order valence-corrected chi connectivity index (χ4v) is 2.55. The van der Waals surface area contributed by atoms with E-state index >= 15 is 0 Å². The molecule has 1 fully saturated rings. The molecule has 0 aliphatic carbocycles. The van der Waals surface area contributed by atoms with Gasteiger partial charge in [0, 0.05) is 6.07 Å². The quantitative estimate of drug-likeness (QED) is 0.922. The minimum absolute atomic E-state index is 0.199. The molecule has 1 N–H and O–H groups in total. The van der Waals surface area contributed by atoms with Crippen LogP contribution in [-0.4, -0.2) is 31.0 Å². The molecule has 114 valence electrons. The van der Waals surface area contributed by atoms with E-state index in [1.54, 1.807) is 0 Å². The Balaban J connectivity index is 2.51. The van der Waals surface area contributed by atoms with Crippen LogP contribution in [0, 0.1) is 5.82 Å². The lowest BCUT2D eigenvalue weighted by Crippen LogP contribution is -2.63. The molecule has 1 saturated heterocycles. The minimum atomic E-state index is -0.611. The summed E-state index contributed by atoms with van der Waals surface area (Å²) in [5.41, 5.74) is 0.420. The van der Waals surface area contributed by atoms with E-state index in [4.69, 9.17) is 4.74 Å². The van der Waals surface area contributed by atoms with Crippen LogP contribution >= 0.6 is 0 Å². The second-order valence-corrected chi connectivity index (χ2v) is 4.92. The smallest absolute Gasteiger partial charge is 0.250 e. The summed E-state index contributed by atoms with van der Waals surface area (Å²) in [6, 6.07) is 2.77. The van der Waals surface area contributed by atoms with Gasteiger partial charge in [-0.2, -0.15) is 0 Å². The van der Waals surface area contributed by atoms with E-state index in [0.29, 0.717) is 18.5 Å². The van der Waals surface area contributed by atoms with Crippen LogP contribution in [0.3, 0.4) is 0 Å². The third kappa shape index (κ3) is 2.70. The fraction of sp³-hybridized carbons (Fsp3) is 0.467. The molecular formula is C15H19FN2O3. The zero-order chi connectivity index (χ0) is 15.6. The summed E-state index contributed by atoms with van der Waals surface area (Å²) in [5.74, 6) is -0.611. The van der Waals surface area contributed by atoms with Crippen LogP contribution in [0.2, 0.25) is 0 Å². The summed E-state index contributed by atoms with van der Waals surface area (Å²) >= 11 is 0. The molecular weight excluding hydrogens is 275 g/mol. The Morgan fingerprint density at radius 3 is 2.57 bits per heavy atom. The molecule has 2 unspecified atom stereocenters. The maximum atomic E-state index is 13.3. The molecule has 0 saturated carbocycles. The molecule has 0 radical (unpaired) electrons. The number of methoxy groups -OCH3 is 1. The number of carbonyl (C=O) groups is 2. The zero-order valence-corrected chi connectivity index (χ0v) is 12.4. The first-order chi connectivity index (χ1) is 10.0. The third-order valence-corrected chi connectivity index (χ3v) is 3.66. The zero-order valence-electron chi connectivity index (χ0n) is 12.4. The van der Waals surface area contributed by atoms with E-state index < -0.39 is 17.9 Å². The van der Waals surface area contributed by atoms with E-state index in [-0.39, 0.29) is 17.6 Å². The Bertz CT molecular complexity index is 562. The summed E-state index contributed by atoms with van der Waals surface area (Å²) in [7, 11) is 1.41. The van der Waals surface area contributed by atoms with Crippen LogP contribution in [0.15, 0.2) is 18.2 Å². The Hall–Kier alpha value is -2.11. The van der Waals surface area contributed by atoms with Crippen molar-refractivity contribution in [1.82, 2.24) is 5.32 Å². The van der Waals surface area contributed by atoms with Gasteiger partial charge in [0.1, 0.15) is 23.7 Å². The highest BCUT2D eigenvalue weighted by Crippen LogP contribution is 2.33. The van der Waals surface area contributed by atoms with Crippen molar-refractivity contribution in [2.75, 3.05) is 12.0 Å². The van der Waals surface area contributed by atoms with Crippen LogP contribution < -0.4 is 15.0 Å². The van der Waals surface area contributed by atoms with Gasteiger partial charge in [-0.05, 0) is 25.0 Å². The lowest BCUT2D eigenvalue weighted by molar-refractivity contribution is -0.134. The summed E-state index contributed by atoms with van der Waals surface area (Å²) in [5, 5.41) is 2.72. The molecule has 0 spiro atoms. The van der Waals surface area contributed by atoms with Gasteiger partial charge in [0.05, 0.1) is 12.8 Å². The monoisotopic (exact) mass is 294 g/mol. The number of ether oxygens (including phenoxy) is 1. The van der Waals surface area contributed by atoms with Gasteiger partial charge in [0.25, 0.3) is 0 Å². The number of nitrogens with one attached hydrogen (secondary N) is 1. The van der Waals surface area contributed by atoms with Crippen molar-refractivity contribution in [3.63, 3.8) is 0 Å². The number of carbonyl (C=O) groups excluding carboxylic acids is 2. The highest BCUT2D eigenvalue weighted by atomic mass is 19.1. The van der Waals surface area contributed by atoms with Gasteiger partial charge >= 0.3 is 0 Å². The average Bonchev–Trinajstić information content (AvgIpc) is 2.48. The van der Waals surface area contributed by atoms with Gasteiger partial charge in [0.15, 0.2) is 0 Å². The number of amides is 2. The van der Waals surface area contributed by atoms with Gasteiger partial charge < -0.3 is 10.1 Å². The van der Waals surface area contributed by atoms with Crippen molar-refractivity contribution >= 4 is 17.5 Å². The number of hydrogen-bond acceptors (Lipinski definition) is 3. The molecule has 1 heterocycles. The standard InChI is InChI=1S/C15H19FN2O3/c1-4-10-15(20)18(11(5-2)14(19)17-10)12-7-6-9(16)8-13(12)21-3/h6-8,10-11H,4-5H2,1-3H3,(H,17,19). The van der Waals surface area contributed by atoms with Crippen LogP contribution in [-0.2, 0) is 9.59 Å². The van der Waals surface area contributed by atoms with Crippen molar-refractivity contribution in [2.24, 2.45) is 0 Å². The number of nitrogens with zero attached hydrogens (tertiary/aromatic N) is 1. The molecule has 2 rings (SSSR count). The predicted molar refractivity (Wildman–Crippen MR) is 76.7 cm³/mol. The predicted octanol–water partition coefficient (Wildman–Crippen LogP) is 1.85. The Morgan fingerprint density at radius 1 is 1.29 bits per heavy atom. The number of anilines is 1. The van der Waals surface area contributed by atoms with Crippen molar-refractivity contribution in [1.29, 1.82) is 0 Å². The number of hydrogen-bond donors (Lipinski definition) is 1. The van der Waals surface area contributed by atoms with Gasteiger partial charge in [-0.1, -0.05) is 13.8 Å². The first-order valence-electron chi connectivity index (χ1n) is 7.00. The first-order valence-corrected chi connectivity index (χ1v) is 7.00. The Morgan fingerprint density at radius 2 is 2.00 bits per heavy atom. The topological polar surface area (TPSA) is 58.6 Å². The van der Waals surface area contributed by atoms with Crippen LogP contribution in [0.25, 0.3) is 0 Å². The second-order valence-electron chi connectivity index (χ2n) is 4.92. The molecule has 0 bridgehead atoms. The van der Waals surface area contributed by atoms with Crippen molar-refractivity contribution < 1.29 is 18.7 Å². The van der Waals surface area contributed by atoms with Crippen molar-refractivity contribution in [3.8, 4) is 5.75 Å². The lowest BCUT2D eigenvalue weighted by atomic mass is 10.0. The van der Waals surface area contributed by atoms with E-state index in [1.165, 1.54) is 30.2 Å². The van der Waals surface area contributed by atoms with Crippen LogP contribution in [0.1, 0.15) is 26.7 Å². The second kappa shape index (κ2) is 6.11. The maximum absolute atomic E-state index is 13.3. The van der Waals surface area contributed by atoms with Crippen molar-refractivity contribution in [2.45, 2.75) is 38.8 Å². The minimum Gasteiger partial charge on any atom is -0.494 e. The number of rotatable bonds is 4. The van der Waals surface area contributed by atoms with E-state index in [1.807, 2.05) is 13.8 Å². The average molecular weight is 294 g/mol. The van der Waals surface area contributed by atoms with Crippen LogP contribution in [0.5, 0.6) is 5.75 Å². The van der Waals surface area contributed by atoms with E-state index in [2.05, 4.69) is 5.32 Å². The fourth-order valence-electron chi connectivity index (χ4n) is 2.55. The first kappa shape index (κ1) is 15.3. The van der Waals surface area contributed by atoms with Gasteiger partial charge in [-0.25, -0.2) is 4.39 Å². The van der Waals surface area contributed by atoms with Gasteiger partial charge in [-0.3, -0.25) is 14.5 Å². The molecule has 2 atom stereocenters. The normalized spacial score (nSPS) is 22.2. The lowest BCUT2D eigenvalue weighted by Gasteiger charge is -2.38. The van der Waals surface area contributed by atoms with E-state index in [0.717, 1.165) is 0 Å². The number of halogens is 1. The molecule has 1 aliphatic rings.